The number of nitrogens with one attached hydrogen (secondary N) is 2. The second-order valence-electron chi connectivity index (χ2n) is 8.14. The van der Waals surface area contributed by atoms with Crippen LogP contribution >= 0.6 is 0 Å². The SMILES string of the molecule is CCN(CCOC)C1CCN(C(=N)OC(=N)c2cc(OC)c(C(C)C)cc2C)CC1. The van der Waals surface area contributed by atoms with Gasteiger partial charge in [-0.1, -0.05) is 26.8 Å². The molecule has 0 aromatic heterocycles. The van der Waals surface area contributed by atoms with Crippen LogP contribution in [0.15, 0.2) is 12.1 Å². The van der Waals surface area contributed by atoms with E-state index in [0.29, 0.717) is 17.5 Å². The van der Waals surface area contributed by atoms with E-state index in [-0.39, 0.29) is 11.9 Å². The highest BCUT2D eigenvalue weighted by atomic mass is 16.5. The van der Waals surface area contributed by atoms with Gasteiger partial charge in [-0.3, -0.25) is 15.7 Å². The number of rotatable bonds is 8. The molecule has 7 heteroatoms. The number of benzene rings is 1. The third-order valence-electron chi connectivity index (χ3n) is 5.90. The van der Waals surface area contributed by atoms with Crippen LogP contribution in [0.3, 0.4) is 0 Å². The van der Waals surface area contributed by atoms with Crippen LogP contribution in [0, 0.1) is 17.7 Å². The Morgan fingerprint density at radius 3 is 2.40 bits per heavy atom. The molecular formula is C23H38N4O3. The van der Waals surface area contributed by atoms with Crippen LogP contribution in [0.1, 0.15) is 56.2 Å². The first-order valence-electron chi connectivity index (χ1n) is 10.8. The summed E-state index contributed by atoms with van der Waals surface area (Å²) in [6.45, 7) is 12.6. The van der Waals surface area contributed by atoms with E-state index in [1.165, 1.54) is 0 Å². The summed E-state index contributed by atoms with van der Waals surface area (Å²) >= 11 is 0. The first kappa shape index (κ1) is 24.2. The van der Waals surface area contributed by atoms with Gasteiger partial charge in [0.15, 0.2) is 0 Å². The maximum Gasteiger partial charge on any atom is 0.291 e. The number of piperidine rings is 1. The third-order valence-corrected chi connectivity index (χ3v) is 5.90. The molecule has 1 aromatic rings. The van der Waals surface area contributed by atoms with Gasteiger partial charge >= 0.3 is 0 Å². The monoisotopic (exact) mass is 418 g/mol. The fraction of sp³-hybridized carbons (Fsp3) is 0.652. The van der Waals surface area contributed by atoms with Gasteiger partial charge in [0.25, 0.3) is 6.02 Å². The van der Waals surface area contributed by atoms with Crippen LogP contribution in [0.25, 0.3) is 0 Å². The van der Waals surface area contributed by atoms with Crippen LogP contribution in [-0.2, 0) is 9.47 Å². The average molecular weight is 419 g/mol. The summed E-state index contributed by atoms with van der Waals surface area (Å²) in [6, 6.07) is 4.44. The number of aryl methyl sites for hydroxylation is 1. The number of hydrogen-bond acceptors (Lipinski definition) is 6. The lowest BCUT2D eigenvalue weighted by atomic mass is 9.96. The second-order valence-corrected chi connectivity index (χ2v) is 8.14. The third kappa shape index (κ3) is 5.95. The predicted molar refractivity (Wildman–Crippen MR) is 121 cm³/mol. The van der Waals surface area contributed by atoms with Crippen molar-refractivity contribution in [2.45, 2.75) is 52.5 Å². The average Bonchev–Trinajstić information content (AvgIpc) is 2.74. The van der Waals surface area contributed by atoms with Crippen LogP contribution in [0.5, 0.6) is 5.75 Å². The van der Waals surface area contributed by atoms with Gasteiger partial charge in [-0.05, 0) is 49.4 Å². The highest BCUT2D eigenvalue weighted by Crippen LogP contribution is 2.30. The second kappa shape index (κ2) is 11.3. The quantitative estimate of drug-likeness (QED) is 0.495. The molecule has 0 atom stereocenters. The van der Waals surface area contributed by atoms with E-state index in [0.717, 1.165) is 62.5 Å². The van der Waals surface area contributed by atoms with Gasteiger partial charge in [-0.15, -0.1) is 0 Å². The molecule has 1 aliphatic rings. The topological polar surface area (TPSA) is 81.9 Å². The molecule has 0 radical (unpaired) electrons. The number of likely N-dealkylation sites (tertiary alicyclic amines) is 1. The van der Waals surface area contributed by atoms with Crippen LogP contribution < -0.4 is 4.74 Å². The molecule has 0 spiro atoms. The molecule has 1 aromatic carbocycles. The number of ether oxygens (including phenoxy) is 3. The van der Waals surface area contributed by atoms with E-state index in [1.54, 1.807) is 14.2 Å². The number of hydrogen-bond donors (Lipinski definition) is 2. The maximum atomic E-state index is 8.42. The molecule has 0 bridgehead atoms. The summed E-state index contributed by atoms with van der Waals surface area (Å²) < 4.78 is 16.4. The number of likely N-dealkylation sites (N-methyl/N-ethyl adjacent to an activating group) is 1. The minimum Gasteiger partial charge on any atom is -0.496 e. The lowest BCUT2D eigenvalue weighted by Crippen LogP contribution is -2.48. The molecule has 0 saturated carbocycles. The lowest BCUT2D eigenvalue weighted by Gasteiger charge is -2.38. The summed E-state index contributed by atoms with van der Waals surface area (Å²) in [5.74, 6) is 1.07. The Balaban J connectivity index is 1.98. The minimum atomic E-state index is -0.0106. The van der Waals surface area contributed by atoms with Crippen molar-refractivity contribution in [3.05, 3.63) is 28.8 Å². The van der Waals surface area contributed by atoms with E-state index < -0.39 is 0 Å². The number of nitrogens with zero attached hydrogens (tertiary/aromatic N) is 2. The van der Waals surface area contributed by atoms with Crippen molar-refractivity contribution in [2.75, 3.05) is 47.0 Å². The maximum absolute atomic E-state index is 8.42. The van der Waals surface area contributed by atoms with Crippen LogP contribution in [0.4, 0.5) is 0 Å². The summed E-state index contributed by atoms with van der Waals surface area (Å²) in [4.78, 5) is 4.36. The normalized spacial score (nSPS) is 15.0. The Bertz CT molecular complexity index is 727. The van der Waals surface area contributed by atoms with Crippen molar-refractivity contribution in [1.82, 2.24) is 9.80 Å². The first-order valence-corrected chi connectivity index (χ1v) is 10.8. The van der Waals surface area contributed by atoms with Crippen molar-refractivity contribution >= 4 is 11.9 Å². The van der Waals surface area contributed by atoms with Crippen molar-refractivity contribution in [3.8, 4) is 5.75 Å². The predicted octanol–water partition coefficient (Wildman–Crippen LogP) is 3.84. The van der Waals surface area contributed by atoms with E-state index in [9.17, 15) is 0 Å². The van der Waals surface area contributed by atoms with Gasteiger partial charge in [0.2, 0.25) is 5.90 Å². The fourth-order valence-electron chi connectivity index (χ4n) is 4.04. The molecule has 1 heterocycles. The molecule has 0 unspecified atom stereocenters. The van der Waals surface area contributed by atoms with Gasteiger partial charge in [0, 0.05) is 38.3 Å². The highest BCUT2D eigenvalue weighted by Gasteiger charge is 2.26. The van der Waals surface area contributed by atoms with E-state index in [2.05, 4.69) is 25.7 Å². The van der Waals surface area contributed by atoms with Gasteiger partial charge in [0.05, 0.1) is 13.7 Å². The lowest BCUT2D eigenvalue weighted by molar-refractivity contribution is 0.0941. The van der Waals surface area contributed by atoms with E-state index in [1.807, 2.05) is 24.0 Å². The smallest absolute Gasteiger partial charge is 0.291 e. The van der Waals surface area contributed by atoms with Gasteiger partial charge in [0.1, 0.15) is 5.75 Å². The Kier molecular flexibility index (Phi) is 9.11. The molecule has 2 N–H and O–H groups in total. The number of methoxy groups -OCH3 is 2. The summed E-state index contributed by atoms with van der Waals surface area (Å²) in [5, 5.41) is 16.8. The fourth-order valence-corrected chi connectivity index (χ4v) is 4.04. The molecule has 1 aliphatic heterocycles. The zero-order chi connectivity index (χ0) is 22.3. The standard InChI is InChI=1S/C23H38N4O3/c1-7-26(12-13-28-5)18-8-10-27(11-9-18)23(25)30-22(24)20-15-21(29-6)19(16(2)3)14-17(20)4/h14-16,18,24-25H,7-13H2,1-6H3. The molecular weight excluding hydrogens is 380 g/mol. The highest BCUT2D eigenvalue weighted by molar-refractivity contribution is 6.00. The van der Waals surface area contributed by atoms with Crippen molar-refractivity contribution in [1.29, 1.82) is 10.8 Å². The van der Waals surface area contributed by atoms with E-state index >= 15 is 0 Å². The van der Waals surface area contributed by atoms with Gasteiger partial charge < -0.3 is 19.1 Å². The van der Waals surface area contributed by atoms with Crippen LogP contribution in [-0.4, -0.2) is 74.8 Å². The van der Waals surface area contributed by atoms with E-state index in [4.69, 9.17) is 25.0 Å². The zero-order valence-corrected chi connectivity index (χ0v) is 19.4. The molecule has 1 fully saturated rings. The first-order chi connectivity index (χ1) is 14.3. The van der Waals surface area contributed by atoms with Crippen molar-refractivity contribution in [3.63, 3.8) is 0 Å². The molecule has 0 aliphatic carbocycles. The van der Waals surface area contributed by atoms with Crippen molar-refractivity contribution in [2.24, 2.45) is 0 Å². The molecule has 30 heavy (non-hydrogen) atoms. The summed E-state index contributed by atoms with van der Waals surface area (Å²) in [6.07, 6.45) is 1.96. The Labute approximate surface area is 181 Å². The number of amidine groups is 1. The Morgan fingerprint density at radius 2 is 1.87 bits per heavy atom. The summed E-state index contributed by atoms with van der Waals surface area (Å²) in [5.41, 5.74) is 2.72. The van der Waals surface area contributed by atoms with Gasteiger partial charge in [-0.2, -0.15) is 0 Å². The molecule has 7 nitrogen and oxygen atoms in total. The minimum absolute atomic E-state index is 0.0106. The Morgan fingerprint density at radius 1 is 1.20 bits per heavy atom. The molecule has 1 saturated heterocycles. The van der Waals surface area contributed by atoms with Crippen LogP contribution in [0.2, 0.25) is 0 Å². The summed E-state index contributed by atoms with van der Waals surface area (Å²) in [7, 11) is 3.38. The van der Waals surface area contributed by atoms with Crippen molar-refractivity contribution < 1.29 is 14.2 Å². The molecule has 0 amide bonds. The van der Waals surface area contributed by atoms with Gasteiger partial charge in [-0.25, -0.2) is 0 Å². The molecule has 168 valence electrons. The molecule has 2 rings (SSSR count). The zero-order valence-electron chi connectivity index (χ0n) is 19.4. The Hall–Kier alpha value is -2.12. The largest absolute Gasteiger partial charge is 0.496 e.